The number of fused-ring (bicyclic) bond motifs is 1. The Labute approximate surface area is 169 Å². The van der Waals surface area contributed by atoms with E-state index in [2.05, 4.69) is 15.4 Å². The molecule has 0 heterocycles. The standard InChI is InChI=1S/C21H21N3O4S/c1-14(21(26)23-19-8-7-16-5-3-4-6-17(16)13-19)24-29(27,28)20-11-9-18(10-12-20)22-15(2)25/h3-14,24H,1-2H3,(H,22,25)(H,23,26)/t14-/m1/s1. The van der Waals surface area contributed by atoms with Gasteiger partial charge in [0.25, 0.3) is 0 Å². The normalized spacial score (nSPS) is 12.3. The van der Waals surface area contributed by atoms with E-state index >= 15 is 0 Å². The smallest absolute Gasteiger partial charge is 0.242 e. The highest BCUT2D eigenvalue weighted by Crippen LogP contribution is 2.19. The Bertz CT molecular complexity index is 1160. The van der Waals surface area contributed by atoms with Gasteiger partial charge in [-0.05, 0) is 54.1 Å². The van der Waals surface area contributed by atoms with Crippen LogP contribution in [0.15, 0.2) is 71.6 Å². The van der Waals surface area contributed by atoms with Gasteiger partial charge in [0.15, 0.2) is 0 Å². The van der Waals surface area contributed by atoms with Crippen LogP contribution in [0, 0.1) is 0 Å². The fourth-order valence-electron chi connectivity index (χ4n) is 2.79. The Morgan fingerprint density at radius 1 is 0.828 bits per heavy atom. The van der Waals surface area contributed by atoms with Crippen LogP contribution in [0.2, 0.25) is 0 Å². The summed E-state index contributed by atoms with van der Waals surface area (Å²) in [5.74, 6) is -0.726. The lowest BCUT2D eigenvalue weighted by atomic mass is 10.1. The second kappa shape index (κ2) is 8.42. The third kappa shape index (κ3) is 5.18. The molecule has 0 unspecified atom stereocenters. The van der Waals surface area contributed by atoms with Gasteiger partial charge in [0, 0.05) is 18.3 Å². The van der Waals surface area contributed by atoms with Crippen molar-refractivity contribution in [3.05, 3.63) is 66.7 Å². The minimum Gasteiger partial charge on any atom is -0.326 e. The second-order valence-electron chi connectivity index (χ2n) is 6.60. The summed E-state index contributed by atoms with van der Waals surface area (Å²) in [6, 6.07) is 17.9. The topological polar surface area (TPSA) is 104 Å². The first-order chi connectivity index (χ1) is 13.7. The van der Waals surface area contributed by atoms with Crippen molar-refractivity contribution in [1.82, 2.24) is 4.72 Å². The van der Waals surface area contributed by atoms with Gasteiger partial charge in [0.1, 0.15) is 0 Å². The van der Waals surface area contributed by atoms with Crippen LogP contribution in [0.4, 0.5) is 11.4 Å². The maximum absolute atomic E-state index is 12.5. The number of anilines is 2. The fourth-order valence-corrected chi connectivity index (χ4v) is 4.00. The first-order valence-electron chi connectivity index (χ1n) is 8.94. The highest BCUT2D eigenvalue weighted by atomic mass is 32.2. The zero-order valence-corrected chi connectivity index (χ0v) is 16.8. The van der Waals surface area contributed by atoms with E-state index in [9.17, 15) is 18.0 Å². The molecule has 0 saturated carbocycles. The zero-order chi connectivity index (χ0) is 21.0. The Morgan fingerprint density at radius 2 is 1.45 bits per heavy atom. The highest BCUT2D eigenvalue weighted by Gasteiger charge is 2.22. The molecule has 0 aliphatic rings. The number of sulfonamides is 1. The van der Waals surface area contributed by atoms with Gasteiger partial charge in [0.2, 0.25) is 21.8 Å². The number of hydrogen-bond acceptors (Lipinski definition) is 4. The van der Waals surface area contributed by atoms with Gasteiger partial charge >= 0.3 is 0 Å². The molecule has 150 valence electrons. The van der Waals surface area contributed by atoms with Crippen LogP contribution in [0.3, 0.4) is 0 Å². The van der Waals surface area contributed by atoms with Crippen LogP contribution in [-0.4, -0.2) is 26.3 Å². The molecule has 0 aliphatic carbocycles. The fraction of sp³-hybridized carbons (Fsp3) is 0.143. The quantitative estimate of drug-likeness (QED) is 0.580. The molecule has 0 bridgehead atoms. The molecule has 0 spiro atoms. The maximum Gasteiger partial charge on any atom is 0.242 e. The van der Waals surface area contributed by atoms with Crippen molar-refractivity contribution in [2.45, 2.75) is 24.8 Å². The van der Waals surface area contributed by atoms with Crippen molar-refractivity contribution in [2.75, 3.05) is 10.6 Å². The van der Waals surface area contributed by atoms with Crippen LogP contribution >= 0.6 is 0 Å². The predicted octanol–water partition coefficient (Wildman–Crippen LogP) is 3.10. The summed E-state index contributed by atoms with van der Waals surface area (Å²) in [7, 11) is -3.90. The Kier molecular flexibility index (Phi) is 5.95. The van der Waals surface area contributed by atoms with E-state index in [1.165, 1.54) is 38.1 Å². The van der Waals surface area contributed by atoms with E-state index in [-0.39, 0.29) is 10.8 Å². The number of amides is 2. The summed E-state index contributed by atoms with van der Waals surface area (Å²) in [6.45, 7) is 2.83. The summed E-state index contributed by atoms with van der Waals surface area (Å²) >= 11 is 0. The third-order valence-electron chi connectivity index (χ3n) is 4.23. The summed E-state index contributed by atoms with van der Waals surface area (Å²) in [6.07, 6.45) is 0. The first kappa shape index (κ1) is 20.5. The molecule has 0 aliphatic heterocycles. The monoisotopic (exact) mass is 411 g/mol. The molecule has 8 heteroatoms. The van der Waals surface area contributed by atoms with Crippen molar-refractivity contribution in [1.29, 1.82) is 0 Å². The molecule has 3 aromatic carbocycles. The van der Waals surface area contributed by atoms with E-state index in [0.29, 0.717) is 11.4 Å². The number of benzene rings is 3. The SMILES string of the molecule is CC(=O)Nc1ccc(S(=O)(=O)N[C@H](C)C(=O)Nc2ccc3ccccc3c2)cc1. The largest absolute Gasteiger partial charge is 0.326 e. The molecular weight excluding hydrogens is 390 g/mol. The van der Waals surface area contributed by atoms with Crippen molar-refractivity contribution in [2.24, 2.45) is 0 Å². The molecule has 0 fully saturated rings. The molecule has 3 rings (SSSR count). The molecule has 2 amide bonds. The van der Waals surface area contributed by atoms with Crippen molar-refractivity contribution in [3.63, 3.8) is 0 Å². The van der Waals surface area contributed by atoms with Crippen LogP contribution < -0.4 is 15.4 Å². The molecule has 7 nitrogen and oxygen atoms in total. The zero-order valence-electron chi connectivity index (χ0n) is 16.0. The van der Waals surface area contributed by atoms with Crippen molar-refractivity contribution >= 4 is 44.0 Å². The van der Waals surface area contributed by atoms with Gasteiger partial charge in [-0.25, -0.2) is 8.42 Å². The minimum atomic E-state index is -3.90. The molecule has 0 radical (unpaired) electrons. The second-order valence-corrected chi connectivity index (χ2v) is 8.31. The van der Waals surface area contributed by atoms with Crippen LogP contribution in [0.1, 0.15) is 13.8 Å². The number of carbonyl (C=O) groups excluding carboxylic acids is 2. The first-order valence-corrected chi connectivity index (χ1v) is 10.4. The van der Waals surface area contributed by atoms with Crippen LogP contribution in [-0.2, 0) is 19.6 Å². The van der Waals surface area contributed by atoms with Gasteiger partial charge in [-0.2, -0.15) is 4.72 Å². The Morgan fingerprint density at radius 3 is 2.10 bits per heavy atom. The summed E-state index contributed by atoms with van der Waals surface area (Å²) in [5, 5.41) is 7.30. The van der Waals surface area contributed by atoms with E-state index < -0.39 is 22.0 Å². The lowest BCUT2D eigenvalue weighted by Gasteiger charge is -2.15. The summed E-state index contributed by atoms with van der Waals surface area (Å²) in [4.78, 5) is 23.5. The molecule has 0 saturated heterocycles. The van der Waals surface area contributed by atoms with Gasteiger partial charge in [-0.15, -0.1) is 0 Å². The Balaban J connectivity index is 1.67. The number of carbonyl (C=O) groups is 2. The molecule has 3 aromatic rings. The summed E-state index contributed by atoms with van der Waals surface area (Å²) in [5.41, 5.74) is 1.07. The highest BCUT2D eigenvalue weighted by molar-refractivity contribution is 7.89. The number of nitrogens with one attached hydrogen (secondary N) is 3. The van der Waals surface area contributed by atoms with Crippen LogP contribution in [0.25, 0.3) is 10.8 Å². The van der Waals surface area contributed by atoms with E-state index in [0.717, 1.165) is 10.8 Å². The molecule has 0 aromatic heterocycles. The lowest BCUT2D eigenvalue weighted by Crippen LogP contribution is -2.41. The molecule has 1 atom stereocenters. The van der Waals surface area contributed by atoms with Gasteiger partial charge in [-0.3, -0.25) is 9.59 Å². The van der Waals surface area contributed by atoms with Gasteiger partial charge in [-0.1, -0.05) is 30.3 Å². The van der Waals surface area contributed by atoms with E-state index in [1.54, 1.807) is 6.07 Å². The van der Waals surface area contributed by atoms with E-state index in [4.69, 9.17) is 0 Å². The van der Waals surface area contributed by atoms with Crippen molar-refractivity contribution in [3.8, 4) is 0 Å². The number of rotatable bonds is 6. The van der Waals surface area contributed by atoms with E-state index in [1.807, 2.05) is 36.4 Å². The molecule has 3 N–H and O–H groups in total. The lowest BCUT2D eigenvalue weighted by molar-refractivity contribution is -0.117. The maximum atomic E-state index is 12.5. The van der Waals surface area contributed by atoms with Gasteiger partial charge < -0.3 is 10.6 Å². The predicted molar refractivity (Wildman–Crippen MR) is 113 cm³/mol. The van der Waals surface area contributed by atoms with Crippen molar-refractivity contribution < 1.29 is 18.0 Å². The number of hydrogen-bond donors (Lipinski definition) is 3. The third-order valence-corrected chi connectivity index (χ3v) is 5.78. The minimum absolute atomic E-state index is 0.00282. The Hall–Kier alpha value is -3.23. The average molecular weight is 411 g/mol. The van der Waals surface area contributed by atoms with Gasteiger partial charge in [0.05, 0.1) is 10.9 Å². The molecule has 29 heavy (non-hydrogen) atoms. The molecular formula is C21H21N3O4S. The average Bonchev–Trinajstić information content (AvgIpc) is 2.67. The van der Waals surface area contributed by atoms with Crippen LogP contribution in [0.5, 0.6) is 0 Å². The summed E-state index contributed by atoms with van der Waals surface area (Å²) < 4.78 is 27.4.